The van der Waals surface area contributed by atoms with Gasteiger partial charge in [-0.2, -0.15) is 0 Å². The number of nitro groups is 1. The second-order valence-electron chi connectivity index (χ2n) is 5.61. The van der Waals surface area contributed by atoms with Crippen molar-refractivity contribution in [3.05, 3.63) is 79.6 Å². The fraction of sp³-hybridized carbons (Fsp3) is 0.0526. The number of hydrogen-bond donors (Lipinski definition) is 1. The van der Waals surface area contributed by atoms with Crippen molar-refractivity contribution in [3.63, 3.8) is 0 Å². The van der Waals surface area contributed by atoms with Gasteiger partial charge < -0.3 is 10.1 Å². The van der Waals surface area contributed by atoms with Gasteiger partial charge in [0.2, 0.25) is 0 Å². The van der Waals surface area contributed by atoms with Crippen LogP contribution in [0.1, 0.15) is 20.7 Å². The molecular formula is C19H13BrN2O5S. The third kappa shape index (κ3) is 4.10. The number of nitro benzene ring substituents is 1. The van der Waals surface area contributed by atoms with Crippen molar-refractivity contribution in [1.29, 1.82) is 0 Å². The van der Waals surface area contributed by atoms with Gasteiger partial charge in [-0.15, -0.1) is 11.3 Å². The Morgan fingerprint density at radius 2 is 1.89 bits per heavy atom. The van der Waals surface area contributed by atoms with Gasteiger partial charge >= 0.3 is 5.97 Å². The molecule has 0 spiro atoms. The van der Waals surface area contributed by atoms with Gasteiger partial charge in [-0.25, -0.2) is 4.79 Å². The van der Waals surface area contributed by atoms with Crippen LogP contribution in [0.4, 0.5) is 10.7 Å². The van der Waals surface area contributed by atoms with Gasteiger partial charge in [0.1, 0.15) is 10.6 Å². The highest BCUT2D eigenvalue weighted by Gasteiger charge is 2.23. The number of thiophene rings is 1. The second-order valence-corrected chi connectivity index (χ2v) is 7.41. The number of ether oxygens (including phenoxy) is 1. The first-order valence-electron chi connectivity index (χ1n) is 7.92. The molecule has 0 fully saturated rings. The van der Waals surface area contributed by atoms with Crippen LogP contribution in [0, 0.1) is 10.1 Å². The predicted octanol–water partition coefficient (Wildman–Crippen LogP) is 5.12. The highest BCUT2D eigenvalue weighted by Crippen LogP contribution is 2.37. The average Bonchev–Trinajstić information content (AvgIpc) is 3.11. The van der Waals surface area contributed by atoms with Gasteiger partial charge in [0.15, 0.2) is 0 Å². The monoisotopic (exact) mass is 460 g/mol. The fourth-order valence-corrected chi connectivity index (χ4v) is 3.88. The van der Waals surface area contributed by atoms with Gasteiger partial charge in [-0.3, -0.25) is 14.9 Å². The number of carbonyl (C=O) groups excluding carboxylic acids is 2. The molecule has 1 aromatic heterocycles. The molecule has 7 nitrogen and oxygen atoms in total. The maximum Gasteiger partial charge on any atom is 0.341 e. The number of carbonyl (C=O) groups is 2. The van der Waals surface area contributed by atoms with Gasteiger partial charge in [0.05, 0.1) is 12.0 Å². The number of hydrogen-bond acceptors (Lipinski definition) is 6. The zero-order valence-corrected chi connectivity index (χ0v) is 16.9. The molecule has 0 atom stereocenters. The minimum absolute atomic E-state index is 0.111. The molecule has 0 unspecified atom stereocenters. The SMILES string of the molecule is COC(=O)c1c(-c2cccc(Br)c2)csc1NC(=O)c1ccc([N+](=O)[O-])cc1. The summed E-state index contributed by atoms with van der Waals surface area (Å²) in [7, 11) is 1.27. The lowest BCUT2D eigenvalue weighted by Gasteiger charge is -2.08. The Morgan fingerprint density at radius 1 is 1.18 bits per heavy atom. The van der Waals surface area contributed by atoms with Crippen LogP contribution >= 0.6 is 27.3 Å². The number of amides is 1. The van der Waals surface area contributed by atoms with Crippen LogP contribution < -0.4 is 5.32 Å². The van der Waals surface area contributed by atoms with E-state index in [0.29, 0.717) is 10.6 Å². The van der Waals surface area contributed by atoms with E-state index in [-0.39, 0.29) is 16.8 Å². The smallest absolute Gasteiger partial charge is 0.341 e. The summed E-state index contributed by atoms with van der Waals surface area (Å²) in [6.07, 6.45) is 0. The number of esters is 1. The molecule has 0 saturated carbocycles. The van der Waals surface area contributed by atoms with Crippen molar-refractivity contribution in [2.24, 2.45) is 0 Å². The minimum atomic E-state index is -0.574. The van der Waals surface area contributed by atoms with Gasteiger partial charge in [0.25, 0.3) is 11.6 Å². The summed E-state index contributed by atoms with van der Waals surface area (Å²) >= 11 is 4.60. The Labute approximate surface area is 172 Å². The first-order chi connectivity index (χ1) is 13.4. The molecule has 28 heavy (non-hydrogen) atoms. The minimum Gasteiger partial charge on any atom is -0.465 e. The zero-order valence-electron chi connectivity index (χ0n) is 14.5. The molecule has 3 aromatic rings. The molecule has 3 rings (SSSR count). The highest BCUT2D eigenvalue weighted by molar-refractivity contribution is 9.10. The van der Waals surface area contributed by atoms with Crippen molar-refractivity contribution < 1.29 is 19.2 Å². The first kappa shape index (κ1) is 19.7. The second kappa shape index (κ2) is 8.32. The van der Waals surface area contributed by atoms with Crippen LogP contribution in [0.5, 0.6) is 0 Å². The fourth-order valence-electron chi connectivity index (χ4n) is 2.53. The van der Waals surface area contributed by atoms with Crippen LogP contribution in [-0.4, -0.2) is 23.9 Å². The van der Waals surface area contributed by atoms with Crippen molar-refractivity contribution in [1.82, 2.24) is 0 Å². The number of methoxy groups -OCH3 is 1. The highest BCUT2D eigenvalue weighted by atomic mass is 79.9. The van der Waals surface area contributed by atoms with Crippen LogP contribution in [0.25, 0.3) is 11.1 Å². The zero-order chi connectivity index (χ0) is 20.3. The Hall–Kier alpha value is -3.04. The van der Waals surface area contributed by atoms with Crippen molar-refractivity contribution in [2.45, 2.75) is 0 Å². The number of benzene rings is 2. The van der Waals surface area contributed by atoms with E-state index in [2.05, 4.69) is 21.2 Å². The lowest BCUT2D eigenvalue weighted by molar-refractivity contribution is -0.384. The molecule has 0 bridgehead atoms. The standard InChI is InChI=1S/C19H13BrN2O5S/c1-27-19(24)16-15(12-3-2-4-13(20)9-12)10-28-18(16)21-17(23)11-5-7-14(8-6-11)22(25)26/h2-10H,1H3,(H,21,23). The van der Waals surface area contributed by atoms with Crippen LogP contribution in [0.3, 0.4) is 0 Å². The molecule has 1 heterocycles. The van der Waals surface area contributed by atoms with E-state index in [1.807, 2.05) is 24.3 Å². The number of nitrogens with zero attached hydrogens (tertiary/aromatic N) is 1. The summed E-state index contributed by atoms with van der Waals surface area (Å²) in [5.41, 5.74) is 1.80. The first-order valence-corrected chi connectivity index (χ1v) is 9.59. The third-order valence-electron chi connectivity index (χ3n) is 3.88. The molecule has 1 N–H and O–H groups in total. The number of non-ortho nitro benzene ring substituents is 1. The van der Waals surface area contributed by atoms with Crippen LogP contribution in [-0.2, 0) is 4.74 Å². The normalized spacial score (nSPS) is 10.4. The molecule has 0 aliphatic carbocycles. The molecular weight excluding hydrogens is 448 g/mol. The quantitative estimate of drug-likeness (QED) is 0.323. The Morgan fingerprint density at radius 3 is 2.50 bits per heavy atom. The summed E-state index contributed by atoms with van der Waals surface area (Å²) in [6.45, 7) is 0. The van der Waals surface area contributed by atoms with Crippen molar-refractivity contribution in [2.75, 3.05) is 12.4 Å². The largest absolute Gasteiger partial charge is 0.465 e. The van der Waals surface area contributed by atoms with E-state index in [9.17, 15) is 19.7 Å². The number of nitrogens with one attached hydrogen (secondary N) is 1. The van der Waals surface area contributed by atoms with Gasteiger partial charge in [-0.1, -0.05) is 28.1 Å². The van der Waals surface area contributed by atoms with E-state index in [4.69, 9.17) is 4.74 Å². The summed E-state index contributed by atoms with van der Waals surface area (Å²) in [5, 5.41) is 15.5. The maximum atomic E-state index is 12.5. The molecule has 0 radical (unpaired) electrons. The topological polar surface area (TPSA) is 98.5 Å². The van der Waals surface area contributed by atoms with E-state index < -0.39 is 16.8 Å². The Kier molecular flexibility index (Phi) is 5.86. The molecule has 9 heteroatoms. The number of anilines is 1. The summed E-state index contributed by atoms with van der Waals surface area (Å²) in [5.74, 6) is -1.06. The predicted molar refractivity (Wildman–Crippen MR) is 110 cm³/mol. The van der Waals surface area contributed by atoms with Crippen molar-refractivity contribution in [3.8, 4) is 11.1 Å². The number of rotatable bonds is 5. The molecule has 0 aliphatic heterocycles. The summed E-state index contributed by atoms with van der Waals surface area (Å²) < 4.78 is 5.74. The molecule has 142 valence electrons. The van der Waals surface area contributed by atoms with Gasteiger partial charge in [0, 0.05) is 33.1 Å². The van der Waals surface area contributed by atoms with E-state index >= 15 is 0 Å². The lowest BCUT2D eigenvalue weighted by atomic mass is 10.0. The average molecular weight is 461 g/mol. The van der Waals surface area contributed by atoms with Crippen molar-refractivity contribution >= 4 is 49.8 Å². The summed E-state index contributed by atoms with van der Waals surface area (Å²) in [4.78, 5) is 35.1. The molecule has 0 saturated heterocycles. The van der Waals surface area contributed by atoms with E-state index in [0.717, 1.165) is 10.0 Å². The Balaban J connectivity index is 1.94. The molecule has 1 amide bonds. The van der Waals surface area contributed by atoms with E-state index in [1.165, 1.54) is 42.7 Å². The molecule has 2 aromatic carbocycles. The van der Waals surface area contributed by atoms with Crippen LogP contribution in [0.2, 0.25) is 0 Å². The maximum absolute atomic E-state index is 12.5. The third-order valence-corrected chi connectivity index (χ3v) is 5.27. The Bertz CT molecular complexity index is 1060. The molecule has 0 aliphatic rings. The number of halogens is 1. The summed E-state index contributed by atoms with van der Waals surface area (Å²) in [6, 6.07) is 12.6. The lowest BCUT2D eigenvalue weighted by Crippen LogP contribution is -2.14. The van der Waals surface area contributed by atoms with E-state index in [1.54, 1.807) is 5.38 Å². The van der Waals surface area contributed by atoms with Crippen LogP contribution in [0.15, 0.2) is 58.4 Å². The van der Waals surface area contributed by atoms with Gasteiger partial charge in [-0.05, 0) is 29.8 Å².